The lowest BCUT2D eigenvalue weighted by Gasteiger charge is -2.42. The summed E-state index contributed by atoms with van der Waals surface area (Å²) in [5.74, 6) is 0.159. The van der Waals surface area contributed by atoms with Crippen LogP contribution < -0.4 is 10.2 Å². The summed E-state index contributed by atoms with van der Waals surface area (Å²) in [5, 5.41) is 2.92. The van der Waals surface area contributed by atoms with Crippen molar-refractivity contribution in [2.45, 2.75) is 71.7 Å². The Hall–Kier alpha value is -2.45. The van der Waals surface area contributed by atoms with E-state index in [0.717, 1.165) is 12.1 Å². The van der Waals surface area contributed by atoms with Gasteiger partial charge in [-0.2, -0.15) is 13.2 Å². The summed E-state index contributed by atoms with van der Waals surface area (Å²) < 4.78 is 44.6. The Labute approximate surface area is 199 Å². The van der Waals surface area contributed by atoms with E-state index in [1.165, 1.54) is 6.07 Å². The molecule has 1 unspecified atom stereocenters. The number of alkyl carbamates (subject to hydrolysis) is 1. The van der Waals surface area contributed by atoms with Gasteiger partial charge in [0.1, 0.15) is 5.60 Å². The second-order valence-electron chi connectivity index (χ2n) is 10.7. The second-order valence-corrected chi connectivity index (χ2v) is 10.7. The Kier molecular flexibility index (Phi) is 7.43. The number of halogens is 3. The van der Waals surface area contributed by atoms with Crippen molar-refractivity contribution in [1.82, 2.24) is 10.2 Å². The van der Waals surface area contributed by atoms with E-state index < -0.39 is 28.8 Å². The minimum absolute atomic E-state index is 0.0691. The molecule has 1 aromatic rings. The average Bonchev–Trinajstić information content (AvgIpc) is 3.16. The number of nitrogens with zero attached hydrogens (tertiary/aromatic N) is 2. The molecule has 1 N–H and O–H groups in total. The van der Waals surface area contributed by atoms with Crippen molar-refractivity contribution in [3.05, 3.63) is 29.8 Å². The van der Waals surface area contributed by atoms with Gasteiger partial charge in [-0.1, -0.05) is 19.9 Å². The highest BCUT2D eigenvalue weighted by atomic mass is 19.4. The van der Waals surface area contributed by atoms with Gasteiger partial charge in [-0.15, -0.1) is 0 Å². The Bertz CT molecular complexity index is 889. The molecule has 1 saturated heterocycles. The standard InChI is InChI=1S/C25H36F3N3O3/c1-17(2)24(10-9-19(16-24)29-22(33)34-23(3,4)5)21(32)31-13-11-30(12-14-31)20-8-6-7-18(15-20)25(26,27)28/h6-8,15,17,19H,9-14,16H2,1-5H3,(H,29,33)/t19-,24?/m1/s1. The van der Waals surface area contributed by atoms with Crippen LogP contribution in [0.4, 0.5) is 23.7 Å². The van der Waals surface area contributed by atoms with E-state index in [1.54, 1.807) is 6.07 Å². The predicted molar refractivity (Wildman–Crippen MR) is 125 cm³/mol. The van der Waals surface area contributed by atoms with Crippen LogP contribution in [0.25, 0.3) is 0 Å². The van der Waals surface area contributed by atoms with Gasteiger partial charge >= 0.3 is 12.3 Å². The summed E-state index contributed by atoms with van der Waals surface area (Å²) in [6.45, 7) is 11.3. The van der Waals surface area contributed by atoms with Gasteiger partial charge in [-0.05, 0) is 64.2 Å². The largest absolute Gasteiger partial charge is 0.444 e. The SMILES string of the molecule is CC(C)C1(C(=O)N2CCN(c3cccc(C(F)(F)F)c3)CC2)CC[C@@H](NC(=O)OC(C)(C)C)C1. The Morgan fingerprint density at radius 3 is 2.32 bits per heavy atom. The number of hydrogen-bond acceptors (Lipinski definition) is 4. The molecule has 0 bridgehead atoms. The molecule has 34 heavy (non-hydrogen) atoms. The highest BCUT2D eigenvalue weighted by molar-refractivity contribution is 5.84. The lowest BCUT2D eigenvalue weighted by atomic mass is 9.74. The average molecular weight is 484 g/mol. The van der Waals surface area contributed by atoms with Gasteiger partial charge in [0.05, 0.1) is 11.0 Å². The third-order valence-corrected chi connectivity index (χ3v) is 6.91. The van der Waals surface area contributed by atoms with Gasteiger partial charge in [-0.25, -0.2) is 4.79 Å². The molecule has 0 aromatic heterocycles. The molecule has 9 heteroatoms. The fourth-order valence-corrected chi connectivity index (χ4v) is 5.00. The van der Waals surface area contributed by atoms with Gasteiger partial charge in [0.25, 0.3) is 0 Å². The maximum Gasteiger partial charge on any atom is 0.416 e. The van der Waals surface area contributed by atoms with Crippen LogP contribution in [0, 0.1) is 11.3 Å². The molecular weight excluding hydrogens is 447 g/mol. The van der Waals surface area contributed by atoms with E-state index in [0.29, 0.717) is 51.1 Å². The van der Waals surface area contributed by atoms with Crippen molar-refractivity contribution >= 4 is 17.7 Å². The van der Waals surface area contributed by atoms with Gasteiger partial charge < -0.3 is 19.9 Å². The second kappa shape index (κ2) is 9.66. The molecule has 190 valence electrons. The van der Waals surface area contributed by atoms with Gasteiger partial charge in [0.2, 0.25) is 5.91 Å². The fourth-order valence-electron chi connectivity index (χ4n) is 5.00. The molecule has 1 aliphatic carbocycles. The van der Waals surface area contributed by atoms with Crippen molar-refractivity contribution in [2.75, 3.05) is 31.1 Å². The maximum absolute atomic E-state index is 13.7. The van der Waals surface area contributed by atoms with Crippen LogP contribution in [0.3, 0.4) is 0 Å². The minimum atomic E-state index is -4.39. The van der Waals surface area contributed by atoms with E-state index in [-0.39, 0.29) is 17.9 Å². The summed E-state index contributed by atoms with van der Waals surface area (Å²) in [6.07, 6.45) is -2.93. The van der Waals surface area contributed by atoms with Crippen LogP contribution in [0.15, 0.2) is 24.3 Å². The molecule has 0 radical (unpaired) electrons. The van der Waals surface area contributed by atoms with Crippen LogP contribution in [-0.4, -0.2) is 54.7 Å². The topological polar surface area (TPSA) is 61.9 Å². The third-order valence-electron chi connectivity index (χ3n) is 6.91. The number of nitrogens with one attached hydrogen (secondary N) is 1. The van der Waals surface area contributed by atoms with Gasteiger partial charge in [0.15, 0.2) is 0 Å². The summed E-state index contributed by atoms with van der Waals surface area (Å²) in [6, 6.07) is 5.19. The molecule has 3 rings (SSSR count). The summed E-state index contributed by atoms with van der Waals surface area (Å²) >= 11 is 0. The van der Waals surface area contributed by atoms with E-state index in [9.17, 15) is 22.8 Å². The Morgan fingerprint density at radius 2 is 1.76 bits per heavy atom. The third kappa shape index (κ3) is 5.96. The first kappa shape index (κ1) is 26.2. The maximum atomic E-state index is 13.7. The molecule has 2 aliphatic rings. The van der Waals surface area contributed by atoms with Gasteiger partial charge in [-0.3, -0.25) is 4.79 Å². The molecule has 2 atom stereocenters. The first-order chi connectivity index (χ1) is 15.7. The van der Waals surface area contributed by atoms with Crippen LogP contribution in [-0.2, 0) is 15.7 Å². The number of carbonyl (C=O) groups excluding carboxylic acids is 2. The molecule has 1 aliphatic heterocycles. The number of hydrogen-bond donors (Lipinski definition) is 1. The zero-order chi connectivity index (χ0) is 25.3. The summed E-state index contributed by atoms with van der Waals surface area (Å²) in [4.78, 5) is 29.6. The zero-order valence-corrected chi connectivity index (χ0v) is 20.7. The normalized spacial score (nSPS) is 23.9. The molecular formula is C25H36F3N3O3. The van der Waals surface area contributed by atoms with Crippen molar-refractivity contribution in [1.29, 1.82) is 0 Å². The number of piperazine rings is 1. The number of benzene rings is 1. The van der Waals surface area contributed by atoms with Crippen molar-refractivity contribution in [3.8, 4) is 0 Å². The summed E-state index contributed by atoms with van der Waals surface area (Å²) in [5.41, 5.74) is -1.31. The number of anilines is 1. The molecule has 2 amide bonds. The minimum Gasteiger partial charge on any atom is -0.444 e. The van der Waals surface area contributed by atoms with Crippen molar-refractivity contribution < 1.29 is 27.5 Å². The van der Waals surface area contributed by atoms with Crippen LogP contribution in [0.1, 0.15) is 59.4 Å². The highest BCUT2D eigenvalue weighted by Gasteiger charge is 2.50. The monoisotopic (exact) mass is 483 g/mol. The number of carbonyl (C=O) groups is 2. The van der Waals surface area contributed by atoms with E-state index in [1.807, 2.05) is 44.4 Å². The molecule has 0 spiro atoms. The van der Waals surface area contributed by atoms with Crippen LogP contribution >= 0.6 is 0 Å². The van der Waals surface area contributed by atoms with E-state index in [4.69, 9.17) is 4.74 Å². The van der Waals surface area contributed by atoms with E-state index in [2.05, 4.69) is 5.32 Å². The molecule has 1 saturated carbocycles. The molecule has 2 fully saturated rings. The number of alkyl halides is 3. The molecule has 1 heterocycles. The molecule has 1 aromatic carbocycles. The Morgan fingerprint density at radius 1 is 1.12 bits per heavy atom. The number of ether oxygens (including phenoxy) is 1. The van der Waals surface area contributed by atoms with Crippen LogP contribution in [0.5, 0.6) is 0 Å². The van der Waals surface area contributed by atoms with Gasteiger partial charge in [0, 0.05) is 37.9 Å². The zero-order valence-electron chi connectivity index (χ0n) is 20.7. The highest BCUT2D eigenvalue weighted by Crippen LogP contribution is 2.46. The smallest absolute Gasteiger partial charge is 0.416 e. The number of rotatable bonds is 4. The van der Waals surface area contributed by atoms with E-state index >= 15 is 0 Å². The number of amides is 2. The van der Waals surface area contributed by atoms with Crippen molar-refractivity contribution in [3.63, 3.8) is 0 Å². The van der Waals surface area contributed by atoms with Crippen LogP contribution in [0.2, 0.25) is 0 Å². The molecule has 6 nitrogen and oxygen atoms in total. The predicted octanol–water partition coefficient (Wildman–Crippen LogP) is 5.07. The first-order valence-corrected chi connectivity index (χ1v) is 11.9. The fraction of sp³-hybridized carbons (Fsp3) is 0.680. The lowest BCUT2D eigenvalue weighted by molar-refractivity contribution is -0.145. The quantitative estimate of drug-likeness (QED) is 0.649. The Balaban J connectivity index is 1.63. The summed E-state index contributed by atoms with van der Waals surface area (Å²) in [7, 11) is 0. The van der Waals surface area contributed by atoms with Crippen molar-refractivity contribution in [2.24, 2.45) is 11.3 Å². The lowest BCUT2D eigenvalue weighted by Crippen LogP contribution is -2.54. The first-order valence-electron chi connectivity index (χ1n) is 11.9.